The number of imidazole rings is 1. The van der Waals surface area contributed by atoms with Crippen molar-refractivity contribution in [1.82, 2.24) is 15.0 Å². The number of carbonyl (C=O) groups is 1. The largest absolute Gasteiger partial charge is 0.393 e. The monoisotopic (exact) mass is 576 g/mol. The molecule has 0 fully saturated rings. The van der Waals surface area contributed by atoms with Crippen LogP contribution in [0.15, 0.2) is 67.0 Å². The normalized spacial score (nSPS) is 13.2. The molecule has 10 heteroatoms. The molecule has 3 aromatic carbocycles. The van der Waals surface area contributed by atoms with E-state index in [4.69, 9.17) is 0 Å². The molecular formula is C32H25F5N4O. The van der Waals surface area contributed by atoms with Crippen LogP contribution in [0.2, 0.25) is 0 Å². The van der Waals surface area contributed by atoms with Crippen LogP contribution in [0.25, 0.3) is 22.3 Å². The minimum atomic E-state index is -4.56. The molecule has 0 saturated heterocycles. The van der Waals surface area contributed by atoms with Crippen molar-refractivity contribution in [3.8, 4) is 17.5 Å². The lowest BCUT2D eigenvalue weighted by Gasteiger charge is -2.21. The Balaban J connectivity index is 1.50. The lowest BCUT2D eigenvalue weighted by molar-refractivity contribution is -0.127. The molecule has 0 amide bonds. The Labute approximate surface area is 238 Å². The van der Waals surface area contributed by atoms with Gasteiger partial charge in [0.2, 0.25) is 0 Å². The number of nitrogens with one attached hydrogen (secondary N) is 2. The Morgan fingerprint density at radius 3 is 2.55 bits per heavy atom. The van der Waals surface area contributed by atoms with Crippen LogP contribution in [-0.2, 0) is 29.5 Å². The molecule has 0 saturated carbocycles. The summed E-state index contributed by atoms with van der Waals surface area (Å²) in [5, 5.41) is 10.4. The fourth-order valence-electron chi connectivity index (χ4n) is 5.20. The van der Waals surface area contributed by atoms with Crippen LogP contribution >= 0.6 is 0 Å². The van der Waals surface area contributed by atoms with Gasteiger partial charge in [-0.05, 0) is 65.4 Å². The molecule has 5 rings (SSSR count). The molecule has 0 spiro atoms. The predicted molar refractivity (Wildman–Crippen MR) is 148 cm³/mol. The zero-order valence-electron chi connectivity index (χ0n) is 22.4. The molecule has 42 heavy (non-hydrogen) atoms. The average Bonchev–Trinajstić information content (AvgIpc) is 3.64. The minimum absolute atomic E-state index is 0.0271. The number of aromatic amines is 2. The second kappa shape index (κ2) is 11.2. The van der Waals surface area contributed by atoms with Gasteiger partial charge in [-0.3, -0.25) is 0 Å². The molecule has 1 unspecified atom stereocenters. The molecule has 0 radical (unpaired) electrons. The third-order valence-electron chi connectivity index (χ3n) is 7.47. The van der Waals surface area contributed by atoms with Crippen LogP contribution in [0.3, 0.4) is 0 Å². The highest BCUT2D eigenvalue weighted by Gasteiger charge is 2.33. The van der Waals surface area contributed by atoms with Gasteiger partial charge in [0, 0.05) is 29.9 Å². The smallest absolute Gasteiger partial charge is 0.361 e. The first kappa shape index (κ1) is 28.7. The van der Waals surface area contributed by atoms with Crippen LogP contribution in [0.4, 0.5) is 22.0 Å². The van der Waals surface area contributed by atoms with Crippen LogP contribution in [0, 0.1) is 23.0 Å². The Hall–Kier alpha value is -4.78. The maximum atomic E-state index is 15.1. The third-order valence-corrected chi connectivity index (χ3v) is 7.47. The van der Waals surface area contributed by atoms with Crippen molar-refractivity contribution in [1.29, 1.82) is 5.26 Å². The summed E-state index contributed by atoms with van der Waals surface area (Å²) >= 11 is 0. The number of aromatic nitrogens is 3. The summed E-state index contributed by atoms with van der Waals surface area (Å²) in [6, 6.07) is 16.2. The highest BCUT2D eigenvalue weighted by atomic mass is 19.4. The highest BCUT2D eigenvalue weighted by molar-refractivity contribution is 5.84. The molecule has 0 aliphatic rings. The van der Waals surface area contributed by atoms with E-state index < -0.39 is 29.6 Å². The number of alkyl halides is 3. The molecule has 2 aromatic heterocycles. The zero-order chi connectivity index (χ0) is 30.1. The summed E-state index contributed by atoms with van der Waals surface area (Å²) in [5.74, 6) is -1.33. The van der Waals surface area contributed by atoms with Gasteiger partial charge in [-0.2, -0.15) is 18.4 Å². The minimum Gasteiger partial charge on any atom is -0.361 e. The molecular weight excluding hydrogens is 551 g/mol. The van der Waals surface area contributed by atoms with Gasteiger partial charge < -0.3 is 14.8 Å². The van der Waals surface area contributed by atoms with E-state index in [0.717, 1.165) is 24.0 Å². The number of aryl methyl sites for hydroxylation is 1. The molecule has 5 nitrogen and oxygen atoms in total. The SMILES string of the molecule is CC(C#N)(c1cccc(CCC=O)c1)c1cnc(-c2cc(Cc3c(F)cc4[nH]ccc4c3CC(F)(F)F)ccc2F)[nH]1. The first-order valence-electron chi connectivity index (χ1n) is 13.1. The number of H-pyrrole nitrogens is 2. The van der Waals surface area contributed by atoms with E-state index in [1.54, 1.807) is 19.1 Å². The van der Waals surface area contributed by atoms with Gasteiger partial charge in [-0.1, -0.05) is 30.3 Å². The Bertz CT molecular complexity index is 1810. The standard InChI is InChI=1S/C32H25F5N4O/c1-31(18-38,21-6-2-4-19(12-21)5-3-11-42)29-17-40-30(41-29)24-14-20(7-8-26(24)33)13-23-25(16-32(35,36)37)22-9-10-39-28(22)15-27(23)34/h2,4,6-12,14-15,17,39H,3,5,13,16H2,1H3,(H,40,41). The molecule has 2 heterocycles. The molecule has 1 atom stereocenters. The van der Waals surface area contributed by atoms with Gasteiger partial charge in [0.05, 0.1) is 29.9 Å². The molecule has 0 aliphatic heterocycles. The van der Waals surface area contributed by atoms with Crippen LogP contribution in [0.1, 0.15) is 46.9 Å². The number of halogens is 5. The van der Waals surface area contributed by atoms with E-state index in [9.17, 15) is 23.2 Å². The first-order chi connectivity index (χ1) is 20.0. The van der Waals surface area contributed by atoms with E-state index in [2.05, 4.69) is 21.0 Å². The van der Waals surface area contributed by atoms with Gasteiger partial charge in [0.15, 0.2) is 0 Å². The van der Waals surface area contributed by atoms with Crippen LogP contribution in [-0.4, -0.2) is 27.4 Å². The van der Waals surface area contributed by atoms with Gasteiger partial charge in [0.1, 0.15) is 29.2 Å². The summed E-state index contributed by atoms with van der Waals surface area (Å²) in [4.78, 5) is 20.9. The van der Waals surface area contributed by atoms with Crippen molar-refractivity contribution in [3.05, 3.63) is 112 Å². The van der Waals surface area contributed by atoms with Crippen molar-refractivity contribution in [2.24, 2.45) is 0 Å². The summed E-state index contributed by atoms with van der Waals surface area (Å²) in [6.45, 7) is 1.69. The lowest BCUT2D eigenvalue weighted by atomic mass is 9.80. The van der Waals surface area contributed by atoms with Crippen molar-refractivity contribution in [2.45, 2.75) is 44.2 Å². The van der Waals surface area contributed by atoms with E-state index in [1.165, 1.54) is 30.6 Å². The summed E-state index contributed by atoms with van der Waals surface area (Å²) in [7, 11) is 0. The summed E-state index contributed by atoms with van der Waals surface area (Å²) in [6.07, 6.45) is -1.50. The fourth-order valence-corrected chi connectivity index (χ4v) is 5.20. The van der Waals surface area contributed by atoms with Gasteiger partial charge in [-0.15, -0.1) is 0 Å². The van der Waals surface area contributed by atoms with Gasteiger partial charge in [0.25, 0.3) is 0 Å². The highest BCUT2D eigenvalue weighted by Crippen LogP contribution is 2.35. The molecule has 0 aliphatic carbocycles. The van der Waals surface area contributed by atoms with Crippen molar-refractivity contribution in [2.75, 3.05) is 0 Å². The topological polar surface area (TPSA) is 85.3 Å². The molecule has 2 N–H and O–H groups in total. The zero-order valence-corrected chi connectivity index (χ0v) is 22.4. The Kier molecular flexibility index (Phi) is 7.69. The molecule has 5 aromatic rings. The Morgan fingerprint density at radius 2 is 1.81 bits per heavy atom. The van der Waals surface area contributed by atoms with Gasteiger partial charge in [-0.25, -0.2) is 13.8 Å². The number of nitriles is 1. The number of aldehydes is 1. The van der Waals surface area contributed by atoms with E-state index in [0.29, 0.717) is 29.7 Å². The van der Waals surface area contributed by atoms with E-state index >= 15 is 8.78 Å². The average molecular weight is 577 g/mol. The quantitative estimate of drug-likeness (QED) is 0.141. The number of hydrogen-bond donors (Lipinski definition) is 2. The summed E-state index contributed by atoms with van der Waals surface area (Å²) in [5.41, 5.74) is 1.13. The fraction of sp³-hybridized carbons (Fsp3) is 0.219. The summed E-state index contributed by atoms with van der Waals surface area (Å²) < 4.78 is 70.5. The van der Waals surface area contributed by atoms with E-state index in [-0.39, 0.29) is 39.8 Å². The second-order valence-electron chi connectivity index (χ2n) is 10.3. The maximum absolute atomic E-state index is 15.1. The predicted octanol–water partition coefficient (Wildman–Crippen LogP) is 7.49. The number of hydrogen-bond acceptors (Lipinski definition) is 3. The van der Waals surface area contributed by atoms with Crippen molar-refractivity contribution < 1.29 is 26.7 Å². The van der Waals surface area contributed by atoms with Crippen molar-refractivity contribution in [3.63, 3.8) is 0 Å². The number of carbonyl (C=O) groups excluding carboxylic acids is 1. The van der Waals surface area contributed by atoms with E-state index in [1.807, 2.05) is 12.1 Å². The number of nitrogens with zero attached hydrogens (tertiary/aromatic N) is 2. The van der Waals surface area contributed by atoms with Crippen LogP contribution < -0.4 is 0 Å². The van der Waals surface area contributed by atoms with Crippen molar-refractivity contribution >= 4 is 17.2 Å². The van der Waals surface area contributed by atoms with Gasteiger partial charge >= 0.3 is 6.18 Å². The first-order valence-corrected chi connectivity index (χ1v) is 13.1. The number of fused-ring (bicyclic) bond motifs is 1. The lowest BCUT2D eigenvalue weighted by Crippen LogP contribution is -2.22. The molecule has 214 valence electrons. The molecule has 0 bridgehead atoms. The number of benzene rings is 3. The second-order valence-corrected chi connectivity index (χ2v) is 10.3. The van der Waals surface area contributed by atoms with Crippen LogP contribution in [0.5, 0.6) is 0 Å². The third kappa shape index (κ3) is 5.68. The Morgan fingerprint density at radius 1 is 1.00 bits per heavy atom. The maximum Gasteiger partial charge on any atom is 0.393 e. The number of rotatable bonds is 9.